The summed E-state index contributed by atoms with van der Waals surface area (Å²) in [5, 5.41) is 6.45. The van der Waals surface area contributed by atoms with Crippen molar-refractivity contribution in [3.05, 3.63) is 64.2 Å². The number of amides is 2. The van der Waals surface area contributed by atoms with E-state index in [1.165, 1.54) is 0 Å². The maximum atomic E-state index is 11.7. The molecule has 3 nitrogen and oxygen atoms in total. The third-order valence-corrected chi connectivity index (χ3v) is 3.50. The first-order valence-corrected chi connectivity index (χ1v) is 6.45. The molecule has 2 amide bonds. The first-order valence-electron chi connectivity index (χ1n) is 6.07. The highest BCUT2D eigenvalue weighted by Crippen LogP contribution is 2.32. The van der Waals surface area contributed by atoms with E-state index in [9.17, 15) is 4.79 Å². The largest absolute Gasteiger partial charge is 0.327 e. The first kappa shape index (κ1) is 12.1. The fourth-order valence-corrected chi connectivity index (χ4v) is 2.45. The second kappa shape index (κ2) is 4.59. The zero-order valence-electron chi connectivity index (χ0n) is 10.4. The van der Waals surface area contributed by atoms with Crippen LogP contribution >= 0.6 is 11.6 Å². The molecule has 0 fully saturated rings. The lowest BCUT2D eigenvalue weighted by molar-refractivity contribution is 0.249. The molecule has 0 aromatic heterocycles. The number of benzene rings is 2. The van der Waals surface area contributed by atoms with Crippen molar-refractivity contribution < 1.29 is 4.79 Å². The fourth-order valence-electron chi connectivity index (χ4n) is 2.32. The van der Waals surface area contributed by atoms with E-state index >= 15 is 0 Å². The van der Waals surface area contributed by atoms with E-state index in [0.29, 0.717) is 5.02 Å². The van der Waals surface area contributed by atoms with Crippen molar-refractivity contribution in [2.75, 3.05) is 5.32 Å². The number of anilines is 1. The van der Waals surface area contributed by atoms with Gasteiger partial charge in [0.15, 0.2) is 0 Å². The summed E-state index contributed by atoms with van der Waals surface area (Å²) in [4.78, 5) is 11.7. The molecular formula is C15H13ClN2O. The number of hydrogen-bond acceptors (Lipinski definition) is 1. The molecule has 1 aliphatic heterocycles. The van der Waals surface area contributed by atoms with Gasteiger partial charge >= 0.3 is 6.03 Å². The Morgan fingerprint density at radius 1 is 1.11 bits per heavy atom. The summed E-state index contributed by atoms with van der Waals surface area (Å²) in [6, 6.07) is 13.2. The second-order valence-electron chi connectivity index (χ2n) is 4.67. The topological polar surface area (TPSA) is 41.1 Å². The summed E-state index contributed by atoms with van der Waals surface area (Å²) < 4.78 is 0. The SMILES string of the molecule is Cc1ccc2c(c1)C(c1ccc(Cl)cc1)NC(=O)N2. The molecule has 0 saturated carbocycles. The van der Waals surface area contributed by atoms with E-state index in [0.717, 1.165) is 22.4 Å². The molecule has 2 aromatic carbocycles. The Hall–Kier alpha value is -2.00. The van der Waals surface area contributed by atoms with E-state index in [-0.39, 0.29) is 12.1 Å². The number of nitrogens with one attached hydrogen (secondary N) is 2. The van der Waals surface area contributed by atoms with Gasteiger partial charge in [-0.2, -0.15) is 0 Å². The second-order valence-corrected chi connectivity index (χ2v) is 5.11. The van der Waals surface area contributed by atoms with Crippen LogP contribution in [-0.4, -0.2) is 6.03 Å². The van der Waals surface area contributed by atoms with Crippen LogP contribution in [0.1, 0.15) is 22.7 Å². The first-order chi connectivity index (χ1) is 9.13. The number of halogens is 1. The Bertz CT molecular complexity index is 637. The van der Waals surface area contributed by atoms with Gasteiger partial charge < -0.3 is 10.6 Å². The van der Waals surface area contributed by atoms with E-state index in [4.69, 9.17) is 11.6 Å². The van der Waals surface area contributed by atoms with E-state index in [1.807, 2.05) is 43.3 Å². The standard InChI is InChI=1S/C15H13ClN2O/c1-9-2-7-13-12(8-9)14(18-15(19)17-13)10-3-5-11(16)6-4-10/h2-8,14H,1H3,(H2,17,18,19). The van der Waals surface area contributed by atoms with Gasteiger partial charge in [-0.3, -0.25) is 0 Å². The summed E-state index contributed by atoms with van der Waals surface area (Å²) in [7, 11) is 0. The van der Waals surface area contributed by atoms with Gasteiger partial charge in [0, 0.05) is 16.3 Å². The van der Waals surface area contributed by atoms with Gasteiger partial charge in [0.1, 0.15) is 0 Å². The molecule has 2 N–H and O–H groups in total. The molecule has 19 heavy (non-hydrogen) atoms. The Labute approximate surface area is 116 Å². The van der Waals surface area contributed by atoms with Crippen LogP contribution in [0, 0.1) is 6.92 Å². The average molecular weight is 273 g/mol. The molecule has 1 aliphatic rings. The maximum Gasteiger partial charge on any atom is 0.320 e. The lowest BCUT2D eigenvalue weighted by atomic mass is 9.94. The van der Waals surface area contributed by atoms with E-state index < -0.39 is 0 Å². The molecule has 2 aromatic rings. The molecule has 1 heterocycles. The van der Waals surface area contributed by atoms with Crippen LogP contribution in [0.25, 0.3) is 0 Å². The third kappa shape index (κ3) is 2.29. The van der Waals surface area contributed by atoms with Gasteiger partial charge in [0.2, 0.25) is 0 Å². The van der Waals surface area contributed by atoms with E-state index in [1.54, 1.807) is 0 Å². The minimum atomic E-state index is -0.184. The molecule has 0 bridgehead atoms. The molecule has 3 rings (SSSR count). The van der Waals surface area contributed by atoms with Gasteiger partial charge in [-0.1, -0.05) is 41.4 Å². The van der Waals surface area contributed by atoms with Crippen LogP contribution in [0.5, 0.6) is 0 Å². The molecule has 96 valence electrons. The van der Waals surface area contributed by atoms with Crippen molar-refractivity contribution in [3.8, 4) is 0 Å². The van der Waals surface area contributed by atoms with Gasteiger partial charge in [0.05, 0.1) is 6.04 Å². The average Bonchev–Trinajstić information content (AvgIpc) is 2.39. The predicted octanol–water partition coefficient (Wildman–Crippen LogP) is 3.87. The van der Waals surface area contributed by atoms with Crippen LogP contribution in [-0.2, 0) is 0 Å². The predicted molar refractivity (Wildman–Crippen MR) is 76.6 cm³/mol. The number of hydrogen-bond donors (Lipinski definition) is 2. The Morgan fingerprint density at radius 3 is 2.58 bits per heavy atom. The summed E-state index contributed by atoms with van der Waals surface area (Å²) in [6.07, 6.45) is 0. The van der Waals surface area contributed by atoms with Gasteiger partial charge in [0.25, 0.3) is 0 Å². The molecule has 0 spiro atoms. The summed E-state index contributed by atoms with van der Waals surface area (Å²) in [6.45, 7) is 2.04. The molecule has 0 radical (unpaired) electrons. The fraction of sp³-hybridized carbons (Fsp3) is 0.133. The van der Waals surface area contributed by atoms with Crippen molar-refractivity contribution in [3.63, 3.8) is 0 Å². The molecule has 1 unspecified atom stereocenters. The van der Waals surface area contributed by atoms with Crippen molar-refractivity contribution in [1.82, 2.24) is 5.32 Å². The number of fused-ring (bicyclic) bond motifs is 1. The van der Waals surface area contributed by atoms with Gasteiger partial charge in [-0.25, -0.2) is 4.79 Å². The number of carbonyl (C=O) groups is 1. The van der Waals surface area contributed by atoms with Gasteiger partial charge in [-0.15, -0.1) is 0 Å². The van der Waals surface area contributed by atoms with Crippen LogP contribution in [0.2, 0.25) is 5.02 Å². The summed E-state index contributed by atoms with van der Waals surface area (Å²) >= 11 is 5.91. The van der Waals surface area contributed by atoms with Crippen LogP contribution < -0.4 is 10.6 Å². The lowest BCUT2D eigenvalue weighted by Gasteiger charge is -2.28. The normalized spacial score (nSPS) is 17.4. The minimum Gasteiger partial charge on any atom is -0.327 e. The monoisotopic (exact) mass is 272 g/mol. The number of rotatable bonds is 1. The van der Waals surface area contributed by atoms with Crippen molar-refractivity contribution in [2.24, 2.45) is 0 Å². The molecule has 0 saturated heterocycles. The smallest absolute Gasteiger partial charge is 0.320 e. The Morgan fingerprint density at radius 2 is 1.84 bits per heavy atom. The summed E-state index contributed by atoms with van der Waals surface area (Å²) in [5.41, 5.74) is 4.11. The number of carbonyl (C=O) groups excluding carboxylic acids is 1. The highest BCUT2D eigenvalue weighted by molar-refractivity contribution is 6.30. The third-order valence-electron chi connectivity index (χ3n) is 3.25. The van der Waals surface area contributed by atoms with Crippen molar-refractivity contribution in [2.45, 2.75) is 13.0 Å². The lowest BCUT2D eigenvalue weighted by Crippen LogP contribution is -2.38. The molecule has 1 atom stereocenters. The Balaban J connectivity index is 2.09. The zero-order valence-corrected chi connectivity index (χ0v) is 11.2. The van der Waals surface area contributed by atoms with Crippen LogP contribution in [0.3, 0.4) is 0 Å². The highest BCUT2D eigenvalue weighted by Gasteiger charge is 2.25. The summed E-state index contributed by atoms with van der Waals surface area (Å²) in [5.74, 6) is 0. The number of aryl methyl sites for hydroxylation is 1. The number of urea groups is 1. The molecular weight excluding hydrogens is 260 g/mol. The van der Waals surface area contributed by atoms with Gasteiger partial charge in [-0.05, 0) is 30.7 Å². The van der Waals surface area contributed by atoms with Crippen LogP contribution in [0.4, 0.5) is 10.5 Å². The molecule has 4 heteroatoms. The van der Waals surface area contributed by atoms with Crippen molar-refractivity contribution >= 4 is 23.3 Å². The van der Waals surface area contributed by atoms with E-state index in [2.05, 4.69) is 16.7 Å². The quantitative estimate of drug-likeness (QED) is 0.813. The van der Waals surface area contributed by atoms with Crippen LogP contribution in [0.15, 0.2) is 42.5 Å². The highest BCUT2D eigenvalue weighted by atomic mass is 35.5. The molecule has 0 aliphatic carbocycles. The maximum absolute atomic E-state index is 11.7. The Kier molecular flexibility index (Phi) is 2.91. The minimum absolute atomic E-state index is 0.138. The zero-order chi connectivity index (χ0) is 13.4. The van der Waals surface area contributed by atoms with Crippen molar-refractivity contribution in [1.29, 1.82) is 0 Å².